The lowest BCUT2D eigenvalue weighted by atomic mass is 10.0. The van der Waals surface area contributed by atoms with E-state index in [1.54, 1.807) is 0 Å². The van der Waals surface area contributed by atoms with Gasteiger partial charge in [0.25, 0.3) is 0 Å². The lowest BCUT2D eigenvalue weighted by molar-refractivity contribution is 0.281. The molecule has 0 bridgehead atoms. The Bertz CT molecular complexity index is 469. The van der Waals surface area contributed by atoms with Gasteiger partial charge in [-0.3, -0.25) is 0 Å². The molecule has 78 valence electrons. The Labute approximate surface area is 89.2 Å². The van der Waals surface area contributed by atoms with Crippen molar-refractivity contribution in [2.45, 2.75) is 20.5 Å². The van der Waals surface area contributed by atoms with Crippen molar-refractivity contribution in [2.75, 3.05) is 0 Å². The summed E-state index contributed by atoms with van der Waals surface area (Å²) in [5.41, 5.74) is 3.06. The molecule has 2 rings (SSSR count). The number of hydrogen-bond acceptors (Lipinski definition) is 2. The summed E-state index contributed by atoms with van der Waals surface area (Å²) in [6.07, 6.45) is 0. The normalized spacial score (nSPS) is 10.6. The van der Waals surface area contributed by atoms with E-state index >= 15 is 0 Å². The van der Waals surface area contributed by atoms with Gasteiger partial charge in [-0.05, 0) is 43.2 Å². The Morgan fingerprint density at radius 1 is 1.13 bits per heavy atom. The molecular formula is C13H14O2. The molecule has 0 atom stereocenters. The molecule has 0 aliphatic rings. The standard InChI is InChI=1S/C13H14O2/c1-9-3-5-11(7-12(9)8-14)13-6-4-10(2)15-13/h3-7,14H,8H2,1-2H3. The van der Waals surface area contributed by atoms with E-state index in [9.17, 15) is 0 Å². The van der Waals surface area contributed by atoms with Crippen LogP contribution in [-0.4, -0.2) is 5.11 Å². The molecule has 1 aromatic heterocycles. The monoisotopic (exact) mass is 202 g/mol. The first-order chi connectivity index (χ1) is 7.20. The Morgan fingerprint density at radius 3 is 2.53 bits per heavy atom. The summed E-state index contributed by atoms with van der Waals surface area (Å²) >= 11 is 0. The number of aryl methyl sites for hydroxylation is 2. The van der Waals surface area contributed by atoms with E-state index in [2.05, 4.69) is 0 Å². The summed E-state index contributed by atoms with van der Waals surface area (Å²) in [5.74, 6) is 1.75. The van der Waals surface area contributed by atoms with Crippen LogP contribution < -0.4 is 0 Å². The van der Waals surface area contributed by atoms with Crippen molar-refractivity contribution in [2.24, 2.45) is 0 Å². The number of rotatable bonds is 2. The second-order valence-corrected chi connectivity index (χ2v) is 3.71. The van der Waals surface area contributed by atoms with Gasteiger partial charge < -0.3 is 9.52 Å². The van der Waals surface area contributed by atoms with E-state index in [0.29, 0.717) is 0 Å². The molecule has 0 unspecified atom stereocenters. The van der Waals surface area contributed by atoms with Crippen LogP contribution in [0.1, 0.15) is 16.9 Å². The Hall–Kier alpha value is -1.54. The largest absolute Gasteiger partial charge is 0.461 e. The molecule has 2 heteroatoms. The Balaban J connectivity index is 2.45. The highest BCUT2D eigenvalue weighted by molar-refractivity contribution is 5.59. The molecule has 1 N–H and O–H groups in total. The molecule has 0 saturated heterocycles. The second-order valence-electron chi connectivity index (χ2n) is 3.71. The van der Waals surface area contributed by atoms with Crippen molar-refractivity contribution in [3.63, 3.8) is 0 Å². The van der Waals surface area contributed by atoms with Gasteiger partial charge in [0.1, 0.15) is 11.5 Å². The van der Waals surface area contributed by atoms with Crippen LogP contribution in [0.4, 0.5) is 0 Å². The summed E-state index contributed by atoms with van der Waals surface area (Å²) in [7, 11) is 0. The zero-order chi connectivity index (χ0) is 10.8. The molecule has 1 heterocycles. The SMILES string of the molecule is Cc1ccc(-c2ccc(C)c(CO)c2)o1. The van der Waals surface area contributed by atoms with Gasteiger partial charge in [0, 0.05) is 5.56 Å². The Kier molecular flexibility index (Phi) is 2.60. The molecular weight excluding hydrogens is 188 g/mol. The molecule has 1 aromatic carbocycles. The number of hydrogen-bond donors (Lipinski definition) is 1. The van der Waals surface area contributed by atoms with E-state index in [-0.39, 0.29) is 6.61 Å². The molecule has 0 spiro atoms. The molecule has 2 aromatic rings. The van der Waals surface area contributed by atoms with Crippen molar-refractivity contribution in [3.8, 4) is 11.3 Å². The highest BCUT2D eigenvalue weighted by Crippen LogP contribution is 2.24. The molecule has 0 amide bonds. The molecule has 0 saturated carbocycles. The van der Waals surface area contributed by atoms with Crippen LogP contribution in [0.5, 0.6) is 0 Å². The van der Waals surface area contributed by atoms with Gasteiger partial charge in [-0.15, -0.1) is 0 Å². The van der Waals surface area contributed by atoms with Crippen LogP contribution in [0, 0.1) is 13.8 Å². The molecule has 15 heavy (non-hydrogen) atoms. The molecule has 0 aliphatic heterocycles. The van der Waals surface area contributed by atoms with Crippen molar-refractivity contribution >= 4 is 0 Å². The first-order valence-corrected chi connectivity index (χ1v) is 4.98. The van der Waals surface area contributed by atoms with Gasteiger partial charge in [-0.1, -0.05) is 12.1 Å². The number of aliphatic hydroxyl groups is 1. The van der Waals surface area contributed by atoms with Crippen molar-refractivity contribution in [3.05, 3.63) is 47.2 Å². The van der Waals surface area contributed by atoms with E-state index in [0.717, 1.165) is 28.2 Å². The van der Waals surface area contributed by atoms with Crippen LogP contribution in [0.2, 0.25) is 0 Å². The average Bonchev–Trinajstić information content (AvgIpc) is 2.66. The molecule has 0 fully saturated rings. The van der Waals surface area contributed by atoms with Crippen molar-refractivity contribution in [1.82, 2.24) is 0 Å². The van der Waals surface area contributed by atoms with Gasteiger partial charge >= 0.3 is 0 Å². The summed E-state index contributed by atoms with van der Waals surface area (Å²) in [5, 5.41) is 9.16. The maximum Gasteiger partial charge on any atom is 0.134 e. The van der Waals surface area contributed by atoms with E-state index in [1.807, 2.05) is 44.2 Å². The highest BCUT2D eigenvalue weighted by Gasteiger charge is 2.04. The minimum Gasteiger partial charge on any atom is -0.461 e. The predicted molar refractivity (Wildman–Crippen MR) is 59.5 cm³/mol. The number of benzene rings is 1. The first kappa shape index (κ1) is 9.99. The van der Waals surface area contributed by atoms with Crippen LogP contribution in [0.15, 0.2) is 34.7 Å². The van der Waals surface area contributed by atoms with E-state index < -0.39 is 0 Å². The maximum absolute atomic E-state index is 9.16. The summed E-state index contributed by atoms with van der Waals surface area (Å²) < 4.78 is 5.53. The van der Waals surface area contributed by atoms with Gasteiger partial charge in [-0.25, -0.2) is 0 Å². The second kappa shape index (κ2) is 3.91. The maximum atomic E-state index is 9.16. The predicted octanol–water partition coefficient (Wildman–Crippen LogP) is 3.06. The summed E-state index contributed by atoms with van der Waals surface area (Å²) in [6.45, 7) is 3.98. The van der Waals surface area contributed by atoms with Gasteiger partial charge in [0.2, 0.25) is 0 Å². The third-order valence-electron chi connectivity index (χ3n) is 2.54. The fourth-order valence-electron chi connectivity index (χ4n) is 1.58. The van der Waals surface area contributed by atoms with Gasteiger partial charge in [-0.2, -0.15) is 0 Å². The minimum absolute atomic E-state index is 0.0688. The number of aliphatic hydroxyl groups excluding tert-OH is 1. The van der Waals surface area contributed by atoms with Crippen LogP contribution >= 0.6 is 0 Å². The number of furan rings is 1. The molecule has 2 nitrogen and oxygen atoms in total. The van der Waals surface area contributed by atoms with E-state index in [1.165, 1.54) is 0 Å². The van der Waals surface area contributed by atoms with E-state index in [4.69, 9.17) is 9.52 Å². The lowest BCUT2D eigenvalue weighted by Gasteiger charge is -2.04. The summed E-state index contributed by atoms with van der Waals surface area (Å²) in [4.78, 5) is 0. The van der Waals surface area contributed by atoms with Crippen LogP contribution in [0.25, 0.3) is 11.3 Å². The first-order valence-electron chi connectivity index (χ1n) is 4.98. The van der Waals surface area contributed by atoms with Crippen molar-refractivity contribution in [1.29, 1.82) is 0 Å². The topological polar surface area (TPSA) is 33.4 Å². The smallest absolute Gasteiger partial charge is 0.134 e. The highest BCUT2D eigenvalue weighted by atomic mass is 16.3. The fourth-order valence-corrected chi connectivity index (χ4v) is 1.58. The van der Waals surface area contributed by atoms with Crippen LogP contribution in [-0.2, 0) is 6.61 Å². The molecule has 0 aliphatic carbocycles. The zero-order valence-corrected chi connectivity index (χ0v) is 8.95. The van der Waals surface area contributed by atoms with Gasteiger partial charge in [0.05, 0.1) is 6.61 Å². The van der Waals surface area contributed by atoms with Gasteiger partial charge in [0.15, 0.2) is 0 Å². The lowest BCUT2D eigenvalue weighted by Crippen LogP contribution is -1.88. The third-order valence-corrected chi connectivity index (χ3v) is 2.54. The quantitative estimate of drug-likeness (QED) is 0.811. The Morgan fingerprint density at radius 2 is 1.93 bits per heavy atom. The average molecular weight is 202 g/mol. The van der Waals surface area contributed by atoms with Crippen molar-refractivity contribution < 1.29 is 9.52 Å². The third kappa shape index (κ3) is 1.95. The van der Waals surface area contributed by atoms with Crippen LogP contribution in [0.3, 0.4) is 0 Å². The fraction of sp³-hybridized carbons (Fsp3) is 0.231. The molecule has 0 radical (unpaired) electrons. The minimum atomic E-state index is 0.0688. The summed E-state index contributed by atoms with van der Waals surface area (Å²) in [6, 6.07) is 9.86. The zero-order valence-electron chi connectivity index (χ0n) is 8.95.